The fourth-order valence-corrected chi connectivity index (χ4v) is 2.63. The first kappa shape index (κ1) is 16.7. The molecular formula is C15H19BrO4. The Morgan fingerprint density at radius 2 is 1.70 bits per heavy atom. The van der Waals surface area contributed by atoms with E-state index >= 15 is 0 Å². The van der Waals surface area contributed by atoms with E-state index < -0.39 is 23.8 Å². The van der Waals surface area contributed by atoms with Crippen LogP contribution >= 0.6 is 15.9 Å². The number of carbonyl (C=O) groups is 2. The lowest BCUT2D eigenvalue weighted by Gasteiger charge is -2.23. The van der Waals surface area contributed by atoms with Gasteiger partial charge in [0.15, 0.2) is 0 Å². The molecule has 0 aliphatic heterocycles. The molecule has 0 radical (unpaired) electrons. The largest absolute Gasteiger partial charge is 0.481 e. The van der Waals surface area contributed by atoms with Crippen molar-refractivity contribution in [2.75, 3.05) is 0 Å². The van der Waals surface area contributed by atoms with Gasteiger partial charge in [0, 0.05) is 4.47 Å². The van der Waals surface area contributed by atoms with Crippen LogP contribution in [0, 0.1) is 5.92 Å². The van der Waals surface area contributed by atoms with E-state index in [4.69, 9.17) is 5.11 Å². The number of benzene rings is 1. The molecular weight excluding hydrogens is 324 g/mol. The summed E-state index contributed by atoms with van der Waals surface area (Å²) in [5.41, 5.74) is 1.48. The van der Waals surface area contributed by atoms with Crippen molar-refractivity contribution in [1.82, 2.24) is 0 Å². The van der Waals surface area contributed by atoms with E-state index in [2.05, 4.69) is 36.7 Å². The molecule has 0 heterocycles. The lowest BCUT2D eigenvalue weighted by atomic mass is 9.83. The van der Waals surface area contributed by atoms with Crippen LogP contribution in [0.25, 0.3) is 0 Å². The van der Waals surface area contributed by atoms with Crippen molar-refractivity contribution >= 4 is 27.9 Å². The van der Waals surface area contributed by atoms with Crippen LogP contribution in [0.2, 0.25) is 0 Å². The van der Waals surface area contributed by atoms with Crippen molar-refractivity contribution < 1.29 is 19.8 Å². The topological polar surface area (TPSA) is 74.6 Å². The summed E-state index contributed by atoms with van der Waals surface area (Å²) in [5.74, 6) is -4.33. The van der Waals surface area contributed by atoms with Crippen LogP contribution in [0.3, 0.4) is 0 Å². The molecule has 2 unspecified atom stereocenters. The van der Waals surface area contributed by atoms with E-state index in [1.54, 1.807) is 6.07 Å². The van der Waals surface area contributed by atoms with Gasteiger partial charge >= 0.3 is 11.9 Å². The van der Waals surface area contributed by atoms with Gasteiger partial charge in [-0.25, -0.2) is 0 Å². The zero-order chi connectivity index (χ0) is 15.7. The Morgan fingerprint density at radius 3 is 2.05 bits per heavy atom. The van der Waals surface area contributed by atoms with E-state index in [0.717, 1.165) is 5.56 Å². The summed E-state index contributed by atoms with van der Waals surface area (Å²) in [4.78, 5) is 22.5. The highest BCUT2D eigenvalue weighted by atomic mass is 79.9. The molecule has 0 aromatic heterocycles. The van der Waals surface area contributed by atoms with Gasteiger partial charge in [-0.05, 0) is 22.6 Å². The van der Waals surface area contributed by atoms with Crippen molar-refractivity contribution in [3.8, 4) is 0 Å². The Kier molecular flexibility index (Phi) is 4.97. The summed E-state index contributed by atoms with van der Waals surface area (Å²) in [7, 11) is 0. The third kappa shape index (κ3) is 3.60. The van der Waals surface area contributed by atoms with Crippen LogP contribution < -0.4 is 0 Å². The number of hydrogen-bond acceptors (Lipinski definition) is 2. The van der Waals surface area contributed by atoms with Crippen LogP contribution in [-0.4, -0.2) is 22.2 Å². The molecule has 0 amide bonds. The molecule has 2 N–H and O–H groups in total. The zero-order valence-corrected chi connectivity index (χ0v) is 13.6. The lowest BCUT2D eigenvalue weighted by molar-refractivity contribution is -0.149. The second kappa shape index (κ2) is 5.95. The van der Waals surface area contributed by atoms with E-state index in [1.165, 1.54) is 6.92 Å². The summed E-state index contributed by atoms with van der Waals surface area (Å²) >= 11 is 3.37. The summed E-state index contributed by atoms with van der Waals surface area (Å²) in [6.07, 6.45) is 0. The number of carboxylic acids is 2. The number of carboxylic acid groups (broad SMARTS) is 2. The SMILES string of the molecule is CC(C(=O)O)C(C(=O)O)c1ccc(C(C)(C)C)cc1Br. The van der Waals surface area contributed by atoms with Gasteiger partial charge in [0.2, 0.25) is 0 Å². The van der Waals surface area contributed by atoms with Gasteiger partial charge < -0.3 is 10.2 Å². The average molecular weight is 343 g/mol. The summed E-state index contributed by atoms with van der Waals surface area (Å²) in [6, 6.07) is 5.41. The first-order chi connectivity index (χ1) is 9.05. The Morgan fingerprint density at radius 1 is 1.15 bits per heavy atom. The van der Waals surface area contributed by atoms with Crippen molar-refractivity contribution in [1.29, 1.82) is 0 Å². The third-order valence-electron chi connectivity index (χ3n) is 3.36. The van der Waals surface area contributed by atoms with Gasteiger partial charge in [0.25, 0.3) is 0 Å². The molecule has 0 bridgehead atoms. The van der Waals surface area contributed by atoms with Crippen LogP contribution in [-0.2, 0) is 15.0 Å². The first-order valence-corrected chi connectivity index (χ1v) is 7.10. The van der Waals surface area contributed by atoms with Crippen LogP contribution in [0.4, 0.5) is 0 Å². The highest BCUT2D eigenvalue weighted by molar-refractivity contribution is 9.10. The smallest absolute Gasteiger partial charge is 0.311 e. The quantitative estimate of drug-likeness (QED) is 0.875. The summed E-state index contributed by atoms with van der Waals surface area (Å²) < 4.78 is 0.630. The maximum atomic E-state index is 11.4. The van der Waals surface area contributed by atoms with Gasteiger partial charge in [0.1, 0.15) is 0 Å². The zero-order valence-electron chi connectivity index (χ0n) is 12.0. The molecule has 0 aliphatic rings. The number of hydrogen-bond donors (Lipinski definition) is 2. The molecule has 1 aromatic carbocycles. The molecule has 20 heavy (non-hydrogen) atoms. The maximum Gasteiger partial charge on any atom is 0.311 e. The molecule has 4 nitrogen and oxygen atoms in total. The standard InChI is InChI=1S/C15H19BrO4/c1-8(13(17)18)12(14(19)20)10-6-5-9(7-11(10)16)15(2,3)4/h5-8,12H,1-4H3,(H,17,18)(H,19,20). The number of rotatable bonds is 4. The second-order valence-corrected chi connectivity index (χ2v) is 6.78. The highest BCUT2D eigenvalue weighted by Crippen LogP contribution is 2.34. The molecule has 0 spiro atoms. The predicted molar refractivity (Wildman–Crippen MR) is 80.0 cm³/mol. The molecule has 1 aromatic rings. The first-order valence-electron chi connectivity index (χ1n) is 6.31. The average Bonchev–Trinajstić information content (AvgIpc) is 2.29. The molecule has 0 aliphatic carbocycles. The van der Waals surface area contributed by atoms with E-state index in [1.807, 2.05) is 12.1 Å². The minimum absolute atomic E-state index is 0.0574. The molecule has 0 saturated carbocycles. The van der Waals surface area contributed by atoms with Gasteiger partial charge in [-0.1, -0.05) is 55.8 Å². The Bertz CT molecular complexity index is 531. The van der Waals surface area contributed by atoms with Crippen LogP contribution in [0.1, 0.15) is 44.7 Å². The normalized spacial score (nSPS) is 14.7. The van der Waals surface area contributed by atoms with Crippen molar-refractivity contribution in [2.24, 2.45) is 5.92 Å². The van der Waals surface area contributed by atoms with E-state index in [-0.39, 0.29) is 5.41 Å². The lowest BCUT2D eigenvalue weighted by Crippen LogP contribution is -2.26. The second-order valence-electron chi connectivity index (χ2n) is 5.93. The molecule has 1 rings (SSSR count). The fraction of sp³-hybridized carbons (Fsp3) is 0.467. The highest BCUT2D eigenvalue weighted by Gasteiger charge is 2.33. The number of halogens is 1. The van der Waals surface area contributed by atoms with Gasteiger partial charge in [0.05, 0.1) is 11.8 Å². The maximum absolute atomic E-state index is 11.4. The minimum atomic E-state index is -1.14. The van der Waals surface area contributed by atoms with Crippen molar-refractivity contribution in [2.45, 2.75) is 39.0 Å². The minimum Gasteiger partial charge on any atom is -0.481 e. The monoisotopic (exact) mass is 342 g/mol. The van der Waals surface area contributed by atoms with Gasteiger partial charge in [-0.2, -0.15) is 0 Å². The number of aliphatic carboxylic acids is 2. The van der Waals surface area contributed by atoms with Gasteiger partial charge in [-0.3, -0.25) is 9.59 Å². The Labute approximate surface area is 126 Å². The van der Waals surface area contributed by atoms with Crippen LogP contribution in [0.15, 0.2) is 22.7 Å². The third-order valence-corrected chi connectivity index (χ3v) is 4.04. The van der Waals surface area contributed by atoms with Crippen LogP contribution in [0.5, 0.6) is 0 Å². The fourth-order valence-electron chi connectivity index (χ4n) is 2.00. The molecule has 5 heteroatoms. The molecule has 0 saturated heterocycles. The van der Waals surface area contributed by atoms with E-state index in [0.29, 0.717) is 10.0 Å². The van der Waals surface area contributed by atoms with E-state index in [9.17, 15) is 14.7 Å². The van der Waals surface area contributed by atoms with Gasteiger partial charge in [-0.15, -0.1) is 0 Å². The van der Waals surface area contributed by atoms with Crippen molar-refractivity contribution in [3.63, 3.8) is 0 Å². The molecule has 2 atom stereocenters. The Balaban J connectivity index is 3.30. The molecule has 0 fully saturated rings. The summed E-state index contributed by atoms with van der Waals surface area (Å²) in [6.45, 7) is 7.58. The Hall–Kier alpha value is -1.36. The van der Waals surface area contributed by atoms with Crippen molar-refractivity contribution in [3.05, 3.63) is 33.8 Å². The molecule has 110 valence electrons. The predicted octanol–water partition coefficient (Wildman–Crippen LogP) is 3.64. The summed E-state index contributed by atoms with van der Waals surface area (Å²) in [5, 5.41) is 18.4.